The predicted octanol–water partition coefficient (Wildman–Crippen LogP) is 5.92. The molecule has 3 aromatic carbocycles. The van der Waals surface area contributed by atoms with Crippen molar-refractivity contribution in [1.29, 1.82) is 10.5 Å². The number of aryl methyl sites for hydroxylation is 1. The van der Waals surface area contributed by atoms with Gasteiger partial charge in [-0.2, -0.15) is 10.5 Å². The van der Waals surface area contributed by atoms with Gasteiger partial charge in [0.15, 0.2) is 11.6 Å². The van der Waals surface area contributed by atoms with Crippen LogP contribution >= 0.6 is 11.8 Å². The molecule has 7 heteroatoms. The minimum absolute atomic E-state index is 0.0993. The molecule has 0 radical (unpaired) electrons. The molecule has 0 aliphatic carbocycles. The highest BCUT2D eigenvalue weighted by Crippen LogP contribution is 2.41. The molecule has 0 unspecified atom stereocenters. The maximum absolute atomic E-state index is 15.1. The average Bonchev–Trinajstić information content (AvgIpc) is 2.74. The van der Waals surface area contributed by atoms with Crippen LogP contribution in [-0.2, 0) is 0 Å². The molecule has 3 aromatic rings. The average molecular weight is 407 g/mol. The van der Waals surface area contributed by atoms with E-state index >= 15 is 8.78 Å². The SMILES string of the molecule is COc1ccc(Nc2c(F)c(C#N)c(C#N)c(F)c2Sc2ccc(C)cc2)cc1. The molecule has 0 saturated heterocycles. The molecule has 0 spiro atoms. The summed E-state index contributed by atoms with van der Waals surface area (Å²) in [6, 6.07) is 17.1. The minimum atomic E-state index is -0.976. The van der Waals surface area contributed by atoms with Crippen LogP contribution < -0.4 is 10.1 Å². The standard InChI is InChI=1S/C22H15F2N3OS/c1-13-3-9-16(10-4-13)29-22-20(24)18(12-26)17(11-25)19(23)21(22)27-14-5-7-15(28-2)8-6-14/h3-10,27H,1-2H3. The topological polar surface area (TPSA) is 68.8 Å². The van der Waals surface area contributed by atoms with E-state index in [1.807, 2.05) is 19.1 Å². The molecule has 0 fully saturated rings. The Hall–Kier alpha value is -3.55. The summed E-state index contributed by atoms with van der Waals surface area (Å²) < 4.78 is 35.3. The Morgan fingerprint density at radius 2 is 1.48 bits per heavy atom. The van der Waals surface area contributed by atoms with Gasteiger partial charge in [-0.05, 0) is 43.3 Å². The van der Waals surface area contributed by atoms with Gasteiger partial charge in [-0.15, -0.1) is 0 Å². The second kappa shape index (κ2) is 8.64. The van der Waals surface area contributed by atoms with Gasteiger partial charge < -0.3 is 10.1 Å². The zero-order valence-corrected chi connectivity index (χ0v) is 16.4. The van der Waals surface area contributed by atoms with Crippen molar-refractivity contribution in [3.63, 3.8) is 0 Å². The predicted molar refractivity (Wildman–Crippen MR) is 107 cm³/mol. The molecule has 0 bridgehead atoms. The Kier molecular flexibility index (Phi) is 6.01. The third kappa shape index (κ3) is 4.16. The van der Waals surface area contributed by atoms with Gasteiger partial charge in [-0.3, -0.25) is 0 Å². The van der Waals surface area contributed by atoms with Crippen molar-refractivity contribution in [2.24, 2.45) is 0 Å². The van der Waals surface area contributed by atoms with Crippen molar-refractivity contribution >= 4 is 23.1 Å². The molecule has 0 heterocycles. The van der Waals surface area contributed by atoms with Gasteiger partial charge in [0.1, 0.15) is 29.0 Å². The number of ether oxygens (including phenoxy) is 1. The Morgan fingerprint density at radius 3 is 2.03 bits per heavy atom. The fourth-order valence-electron chi connectivity index (χ4n) is 2.63. The van der Waals surface area contributed by atoms with Crippen LogP contribution in [0.25, 0.3) is 0 Å². The highest BCUT2D eigenvalue weighted by Gasteiger charge is 2.26. The maximum Gasteiger partial charge on any atom is 0.167 e. The molecule has 4 nitrogen and oxygen atoms in total. The Balaban J connectivity index is 2.15. The first-order chi connectivity index (χ1) is 14.0. The smallest absolute Gasteiger partial charge is 0.167 e. The maximum atomic E-state index is 15.1. The fraction of sp³-hybridized carbons (Fsp3) is 0.0909. The summed E-state index contributed by atoms with van der Waals surface area (Å²) >= 11 is 0.977. The number of hydrogen-bond donors (Lipinski definition) is 1. The number of nitriles is 2. The van der Waals surface area contributed by atoms with Crippen LogP contribution in [0.2, 0.25) is 0 Å². The normalized spacial score (nSPS) is 10.1. The third-order valence-corrected chi connectivity index (χ3v) is 5.25. The molecular formula is C22H15F2N3OS. The lowest BCUT2D eigenvalue weighted by Crippen LogP contribution is -2.05. The highest BCUT2D eigenvalue weighted by molar-refractivity contribution is 7.99. The highest BCUT2D eigenvalue weighted by atomic mass is 32.2. The molecule has 0 aromatic heterocycles. The Bertz CT molecular complexity index is 1130. The van der Waals surface area contributed by atoms with E-state index in [2.05, 4.69) is 5.32 Å². The minimum Gasteiger partial charge on any atom is -0.497 e. The molecule has 0 amide bonds. The van der Waals surface area contributed by atoms with Crippen molar-refractivity contribution in [1.82, 2.24) is 0 Å². The van der Waals surface area contributed by atoms with Gasteiger partial charge in [-0.1, -0.05) is 29.5 Å². The van der Waals surface area contributed by atoms with Crippen molar-refractivity contribution < 1.29 is 13.5 Å². The van der Waals surface area contributed by atoms with Gasteiger partial charge in [0.2, 0.25) is 0 Å². The van der Waals surface area contributed by atoms with E-state index < -0.39 is 22.8 Å². The lowest BCUT2D eigenvalue weighted by Gasteiger charge is -2.16. The monoisotopic (exact) mass is 407 g/mol. The third-order valence-electron chi connectivity index (χ3n) is 4.16. The summed E-state index contributed by atoms with van der Waals surface area (Å²) in [7, 11) is 1.52. The van der Waals surface area contributed by atoms with Crippen molar-refractivity contribution in [2.75, 3.05) is 12.4 Å². The number of anilines is 2. The summed E-state index contributed by atoms with van der Waals surface area (Å²) in [6.07, 6.45) is 0. The number of nitrogens with zero attached hydrogens (tertiary/aromatic N) is 2. The number of benzene rings is 3. The summed E-state index contributed by atoms with van der Waals surface area (Å²) in [5.74, 6) is -1.31. The zero-order valence-electron chi connectivity index (χ0n) is 15.6. The second-order valence-corrected chi connectivity index (χ2v) is 7.16. The number of methoxy groups -OCH3 is 1. The van der Waals surface area contributed by atoms with E-state index in [4.69, 9.17) is 4.74 Å². The lowest BCUT2D eigenvalue weighted by atomic mass is 10.1. The first-order valence-corrected chi connectivity index (χ1v) is 9.31. The van der Waals surface area contributed by atoms with Crippen LogP contribution in [0.3, 0.4) is 0 Å². The first-order valence-electron chi connectivity index (χ1n) is 8.49. The number of halogens is 2. The van der Waals surface area contributed by atoms with Gasteiger partial charge >= 0.3 is 0 Å². The Morgan fingerprint density at radius 1 is 0.897 bits per heavy atom. The van der Waals surface area contributed by atoms with E-state index in [-0.39, 0.29) is 10.6 Å². The molecule has 1 N–H and O–H groups in total. The molecule has 0 saturated carbocycles. The van der Waals surface area contributed by atoms with E-state index in [9.17, 15) is 10.5 Å². The molecular weight excluding hydrogens is 392 g/mol. The van der Waals surface area contributed by atoms with Crippen LogP contribution in [0.5, 0.6) is 5.75 Å². The van der Waals surface area contributed by atoms with Crippen LogP contribution in [-0.4, -0.2) is 7.11 Å². The van der Waals surface area contributed by atoms with Crippen LogP contribution in [0.4, 0.5) is 20.2 Å². The van der Waals surface area contributed by atoms with E-state index in [1.165, 1.54) is 7.11 Å². The first kappa shape index (κ1) is 20.2. The number of nitrogens with one attached hydrogen (secondary N) is 1. The van der Waals surface area contributed by atoms with Gasteiger partial charge in [0, 0.05) is 10.6 Å². The zero-order chi connectivity index (χ0) is 21.0. The molecule has 0 atom stereocenters. The van der Waals surface area contributed by atoms with Crippen LogP contribution in [0.1, 0.15) is 16.7 Å². The number of rotatable bonds is 5. The summed E-state index contributed by atoms with van der Waals surface area (Å²) in [5.41, 5.74) is 0.0570. The van der Waals surface area contributed by atoms with Crippen molar-refractivity contribution in [2.45, 2.75) is 16.7 Å². The van der Waals surface area contributed by atoms with Gasteiger partial charge in [-0.25, -0.2) is 8.78 Å². The quantitative estimate of drug-likeness (QED) is 0.569. The lowest BCUT2D eigenvalue weighted by molar-refractivity contribution is 0.415. The van der Waals surface area contributed by atoms with E-state index in [1.54, 1.807) is 48.5 Å². The summed E-state index contributed by atoms with van der Waals surface area (Å²) in [5, 5.41) is 21.4. The molecule has 29 heavy (non-hydrogen) atoms. The largest absolute Gasteiger partial charge is 0.497 e. The fourth-order valence-corrected chi connectivity index (χ4v) is 3.57. The van der Waals surface area contributed by atoms with Crippen molar-refractivity contribution in [3.05, 3.63) is 76.9 Å². The summed E-state index contributed by atoms with van der Waals surface area (Å²) in [6.45, 7) is 1.92. The Labute approximate surface area is 171 Å². The van der Waals surface area contributed by atoms with Crippen LogP contribution in [0, 0.1) is 41.2 Å². The molecule has 144 valence electrons. The number of hydrogen-bond acceptors (Lipinski definition) is 5. The van der Waals surface area contributed by atoms with Crippen LogP contribution in [0.15, 0.2) is 58.3 Å². The summed E-state index contributed by atoms with van der Waals surface area (Å²) in [4.78, 5) is 0.568. The van der Waals surface area contributed by atoms with Gasteiger partial charge in [0.25, 0.3) is 0 Å². The van der Waals surface area contributed by atoms with E-state index in [0.29, 0.717) is 16.3 Å². The second-order valence-electron chi connectivity index (χ2n) is 6.07. The van der Waals surface area contributed by atoms with Gasteiger partial charge in [0.05, 0.1) is 17.7 Å². The molecule has 3 rings (SSSR count). The molecule has 0 aliphatic heterocycles. The van der Waals surface area contributed by atoms with E-state index in [0.717, 1.165) is 17.3 Å². The van der Waals surface area contributed by atoms with Crippen molar-refractivity contribution in [3.8, 4) is 17.9 Å². The molecule has 0 aliphatic rings.